The van der Waals surface area contributed by atoms with Crippen LogP contribution in [0.2, 0.25) is 0 Å². The maximum Gasteiger partial charge on any atom is 0.249 e. The summed E-state index contributed by atoms with van der Waals surface area (Å²) in [5, 5.41) is 17.6. The van der Waals surface area contributed by atoms with Crippen LogP contribution in [-0.2, 0) is 7.05 Å². The number of nitrogens with zero attached hydrogens (tertiary/aromatic N) is 6. The number of aryl methyl sites for hydroxylation is 1. The van der Waals surface area contributed by atoms with E-state index >= 15 is 0 Å². The van der Waals surface area contributed by atoms with Gasteiger partial charge in [-0.2, -0.15) is 0 Å². The van der Waals surface area contributed by atoms with Crippen molar-refractivity contribution in [3.05, 3.63) is 72.2 Å². The second kappa shape index (κ2) is 7.88. The third-order valence-corrected chi connectivity index (χ3v) is 5.72. The van der Waals surface area contributed by atoms with Gasteiger partial charge in [0.2, 0.25) is 5.91 Å². The highest BCUT2D eigenvalue weighted by atomic mass is 32.2. The monoisotopic (exact) mass is 405 g/mol. The number of amides is 1. The Balaban J connectivity index is 1.61. The predicted molar refractivity (Wildman–Crippen MR) is 111 cm³/mol. The highest BCUT2D eigenvalue weighted by Gasteiger charge is 2.15. The minimum absolute atomic E-state index is 0.177. The Hall–Kier alpha value is -3.46. The second-order valence-electron chi connectivity index (χ2n) is 6.54. The highest BCUT2D eigenvalue weighted by Crippen LogP contribution is 2.34. The average molecular weight is 405 g/mol. The normalized spacial score (nSPS) is 12.1. The van der Waals surface area contributed by atoms with Gasteiger partial charge in [-0.3, -0.25) is 4.79 Å². The van der Waals surface area contributed by atoms with Gasteiger partial charge in [0, 0.05) is 23.4 Å². The topological polar surface area (TPSA) is 105 Å². The summed E-state index contributed by atoms with van der Waals surface area (Å²) in [6.07, 6.45) is 3.48. The molecule has 2 aromatic carbocycles. The summed E-state index contributed by atoms with van der Waals surface area (Å²) in [5.74, 6) is -0.494. The zero-order valence-electron chi connectivity index (χ0n) is 15.9. The van der Waals surface area contributed by atoms with Crippen molar-refractivity contribution in [1.82, 2.24) is 29.8 Å². The summed E-state index contributed by atoms with van der Waals surface area (Å²) in [6, 6.07) is 15.2. The number of aromatic nitrogens is 6. The van der Waals surface area contributed by atoms with Gasteiger partial charge in [-0.1, -0.05) is 47.3 Å². The van der Waals surface area contributed by atoms with E-state index in [0.717, 1.165) is 16.4 Å². The Kier molecular flexibility index (Phi) is 5.13. The average Bonchev–Trinajstić information content (AvgIpc) is 3.38. The van der Waals surface area contributed by atoms with E-state index in [2.05, 4.69) is 39.6 Å². The number of hydrogen-bond acceptors (Lipinski definition) is 6. The fourth-order valence-electron chi connectivity index (χ4n) is 2.96. The summed E-state index contributed by atoms with van der Waals surface area (Å²) in [5.41, 5.74) is 9.16. The van der Waals surface area contributed by atoms with Crippen molar-refractivity contribution in [1.29, 1.82) is 0 Å². The first-order chi connectivity index (χ1) is 14.0. The number of rotatable bonds is 6. The first kappa shape index (κ1) is 18.9. The predicted octanol–water partition coefficient (Wildman–Crippen LogP) is 3.01. The van der Waals surface area contributed by atoms with Crippen LogP contribution < -0.4 is 5.73 Å². The number of nitrogens with two attached hydrogens (primary N) is 1. The number of benzene rings is 2. The molecule has 0 bridgehead atoms. The Labute approximate surface area is 171 Å². The van der Waals surface area contributed by atoms with Crippen molar-refractivity contribution in [2.24, 2.45) is 12.8 Å². The van der Waals surface area contributed by atoms with Crippen molar-refractivity contribution < 1.29 is 4.79 Å². The first-order valence-electron chi connectivity index (χ1n) is 8.95. The molecule has 0 saturated heterocycles. The van der Waals surface area contributed by atoms with Gasteiger partial charge >= 0.3 is 0 Å². The molecule has 0 saturated carbocycles. The van der Waals surface area contributed by atoms with Gasteiger partial charge in [-0.05, 0) is 30.7 Å². The molecule has 0 aliphatic heterocycles. The molecule has 0 unspecified atom stereocenters. The van der Waals surface area contributed by atoms with Crippen LogP contribution in [0.25, 0.3) is 16.9 Å². The van der Waals surface area contributed by atoms with Crippen LogP contribution in [0.4, 0.5) is 0 Å². The summed E-state index contributed by atoms with van der Waals surface area (Å²) in [7, 11) is 1.92. The maximum absolute atomic E-state index is 11.7. The molecule has 4 aromatic rings. The number of carbonyl (C=O) groups excluding carboxylic acids is 1. The summed E-state index contributed by atoms with van der Waals surface area (Å²) >= 11 is 1.63. The molecule has 2 aromatic heterocycles. The summed E-state index contributed by atoms with van der Waals surface area (Å²) in [4.78, 5) is 11.7. The van der Waals surface area contributed by atoms with Crippen molar-refractivity contribution >= 4 is 17.7 Å². The minimum Gasteiger partial charge on any atom is -0.366 e. The lowest BCUT2D eigenvalue weighted by molar-refractivity contribution is 0.100. The zero-order chi connectivity index (χ0) is 20.4. The smallest absolute Gasteiger partial charge is 0.249 e. The molecule has 0 radical (unpaired) electrons. The summed E-state index contributed by atoms with van der Waals surface area (Å²) < 4.78 is 3.58. The molecule has 2 heterocycles. The molecule has 0 spiro atoms. The molecule has 4 rings (SSSR count). The van der Waals surface area contributed by atoms with Crippen LogP contribution in [0.3, 0.4) is 0 Å². The fraction of sp³-hybridized carbons (Fsp3) is 0.150. The van der Waals surface area contributed by atoms with Crippen LogP contribution in [-0.4, -0.2) is 35.7 Å². The van der Waals surface area contributed by atoms with E-state index in [1.165, 1.54) is 0 Å². The first-order valence-corrected chi connectivity index (χ1v) is 9.83. The Morgan fingerprint density at radius 3 is 2.72 bits per heavy atom. The molecule has 1 amide bonds. The zero-order valence-corrected chi connectivity index (χ0v) is 16.7. The van der Waals surface area contributed by atoms with E-state index in [-0.39, 0.29) is 5.25 Å². The minimum atomic E-state index is -0.494. The molecule has 29 heavy (non-hydrogen) atoms. The third kappa shape index (κ3) is 3.90. The van der Waals surface area contributed by atoms with Crippen LogP contribution in [0.1, 0.15) is 28.1 Å². The molecule has 0 aliphatic rings. The lowest BCUT2D eigenvalue weighted by Crippen LogP contribution is -2.12. The van der Waals surface area contributed by atoms with E-state index in [9.17, 15) is 4.79 Å². The van der Waals surface area contributed by atoms with E-state index in [0.29, 0.717) is 16.8 Å². The van der Waals surface area contributed by atoms with E-state index < -0.39 is 5.91 Å². The standard InChI is InChI=1S/C20H19N7OS/c1-13(29-20-24-22-12-26(20)2)14-6-5-7-15(10-14)27-11-18(23-25-27)16-8-3-4-9-17(16)19(21)28/h3-13H,1-2H3,(H2,21,28)/t13-/m0/s1. The molecular formula is C20H19N7OS. The van der Waals surface area contributed by atoms with Crippen LogP contribution in [0.15, 0.2) is 66.2 Å². The van der Waals surface area contributed by atoms with Gasteiger partial charge in [0.25, 0.3) is 0 Å². The van der Waals surface area contributed by atoms with E-state index in [1.54, 1.807) is 41.1 Å². The van der Waals surface area contributed by atoms with Crippen molar-refractivity contribution in [3.63, 3.8) is 0 Å². The molecule has 2 N–H and O–H groups in total. The number of hydrogen-bond donors (Lipinski definition) is 1. The molecule has 8 nitrogen and oxygen atoms in total. The van der Waals surface area contributed by atoms with Gasteiger partial charge < -0.3 is 10.3 Å². The highest BCUT2D eigenvalue weighted by molar-refractivity contribution is 7.99. The second-order valence-corrected chi connectivity index (χ2v) is 7.85. The number of primary amides is 1. The van der Waals surface area contributed by atoms with Gasteiger partial charge in [-0.15, -0.1) is 15.3 Å². The largest absolute Gasteiger partial charge is 0.366 e. The van der Waals surface area contributed by atoms with Crippen molar-refractivity contribution in [2.45, 2.75) is 17.3 Å². The van der Waals surface area contributed by atoms with Crippen molar-refractivity contribution in [3.8, 4) is 16.9 Å². The lowest BCUT2D eigenvalue weighted by atomic mass is 10.0. The van der Waals surface area contributed by atoms with Gasteiger partial charge in [-0.25, -0.2) is 4.68 Å². The van der Waals surface area contributed by atoms with Crippen LogP contribution in [0.5, 0.6) is 0 Å². The molecule has 146 valence electrons. The van der Waals surface area contributed by atoms with Crippen molar-refractivity contribution in [2.75, 3.05) is 0 Å². The van der Waals surface area contributed by atoms with Gasteiger partial charge in [0.05, 0.1) is 11.9 Å². The quantitative estimate of drug-likeness (QED) is 0.495. The molecule has 0 aliphatic carbocycles. The molecule has 1 atom stereocenters. The Morgan fingerprint density at radius 1 is 1.14 bits per heavy atom. The van der Waals surface area contributed by atoms with Crippen LogP contribution >= 0.6 is 11.8 Å². The van der Waals surface area contributed by atoms with Gasteiger partial charge in [0.1, 0.15) is 12.0 Å². The van der Waals surface area contributed by atoms with Gasteiger partial charge in [0.15, 0.2) is 5.16 Å². The Morgan fingerprint density at radius 2 is 1.97 bits per heavy atom. The fourth-order valence-corrected chi connectivity index (χ4v) is 3.87. The number of thioether (sulfide) groups is 1. The molecular weight excluding hydrogens is 386 g/mol. The lowest BCUT2D eigenvalue weighted by Gasteiger charge is -2.12. The molecule has 0 fully saturated rings. The van der Waals surface area contributed by atoms with Crippen LogP contribution in [0, 0.1) is 0 Å². The molecule has 9 heteroatoms. The van der Waals surface area contributed by atoms with E-state index in [4.69, 9.17) is 5.73 Å². The SMILES string of the molecule is C[C@H](Sc1nncn1C)c1cccc(-n2cc(-c3ccccc3C(N)=O)nn2)c1. The van der Waals surface area contributed by atoms with E-state index in [1.807, 2.05) is 35.9 Å². The summed E-state index contributed by atoms with van der Waals surface area (Å²) in [6.45, 7) is 2.12. The Bertz CT molecular complexity index is 1170. The number of carbonyl (C=O) groups is 1. The third-order valence-electron chi connectivity index (χ3n) is 4.52. The maximum atomic E-state index is 11.7.